The zero-order chi connectivity index (χ0) is 17.6. The van der Waals surface area contributed by atoms with Crippen LogP contribution in [-0.4, -0.2) is 32.3 Å². The van der Waals surface area contributed by atoms with E-state index in [0.717, 1.165) is 4.68 Å². The summed E-state index contributed by atoms with van der Waals surface area (Å²) < 4.78 is 20.0. The Balaban J connectivity index is 2.52. The van der Waals surface area contributed by atoms with E-state index in [1.54, 1.807) is 12.1 Å². The Hall–Kier alpha value is -1.67. The number of benzene rings is 1. The molecule has 0 aliphatic heterocycles. The number of ether oxygens (including phenoxy) is 1. The molecule has 9 heteroatoms. The molecule has 0 saturated carbocycles. The average Bonchev–Trinajstić information content (AvgIpc) is 2.81. The number of aromatic nitrogens is 3. The number of nitrogens with zero attached hydrogens (tertiary/aromatic N) is 3. The molecule has 0 saturated heterocycles. The van der Waals surface area contributed by atoms with Gasteiger partial charge in [-0.05, 0) is 6.07 Å². The fourth-order valence-corrected chi connectivity index (χ4v) is 3.74. The highest BCUT2D eigenvalue weighted by atomic mass is 35.5. The van der Waals surface area contributed by atoms with Crippen molar-refractivity contribution in [2.24, 2.45) is 7.05 Å². The van der Waals surface area contributed by atoms with E-state index in [0.29, 0.717) is 15.9 Å². The summed E-state index contributed by atoms with van der Waals surface area (Å²) >= 11 is 11.2. The van der Waals surface area contributed by atoms with Crippen molar-refractivity contribution >= 4 is 45.3 Å². The highest BCUT2D eigenvalue weighted by molar-refractivity contribution is 7.90. The highest BCUT2D eigenvalue weighted by Crippen LogP contribution is 2.38. The molecule has 24 heavy (non-hydrogen) atoms. The molecule has 1 unspecified atom stereocenters. The lowest BCUT2D eigenvalue weighted by molar-refractivity contribution is 0.388. The Morgan fingerprint density at radius 1 is 1.29 bits per heavy atom. The highest BCUT2D eigenvalue weighted by Gasteiger charge is 2.28. The minimum absolute atomic E-state index is 0.109. The van der Waals surface area contributed by atoms with Crippen LogP contribution in [0.3, 0.4) is 0 Å². The molecule has 126 valence electrons. The van der Waals surface area contributed by atoms with Crippen LogP contribution in [0.15, 0.2) is 34.1 Å². The molecular weight excluding hydrogens is 373 g/mol. The predicted molar refractivity (Wildman–Crippen MR) is 95.2 cm³/mol. The van der Waals surface area contributed by atoms with Crippen molar-refractivity contribution < 1.29 is 9.29 Å². The van der Waals surface area contributed by atoms with Crippen LogP contribution in [0.2, 0.25) is 10.2 Å². The maximum atomic E-state index is 12.7. The van der Waals surface area contributed by atoms with Crippen LogP contribution in [0.4, 0.5) is 0 Å². The summed E-state index contributed by atoms with van der Waals surface area (Å²) in [5, 5.41) is 5.39. The predicted octanol–water partition coefficient (Wildman–Crippen LogP) is 2.78. The summed E-state index contributed by atoms with van der Waals surface area (Å²) in [5.41, 5.74) is 0.315. The third-order valence-electron chi connectivity index (χ3n) is 3.61. The van der Waals surface area contributed by atoms with Crippen LogP contribution in [-0.2, 0) is 18.2 Å². The Labute approximate surface area is 150 Å². The summed E-state index contributed by atoms with van der Waals surface area (Å²) in [5.74, 6) is 0.109. The van der Waals surface area contributed by atoms with Crippen molar-refractivity contribution in [1.29, 1.82) is 0 Å². The first kappa shape index (κ1) is 17.2. The van der Waals surface area contributed by atoms with Crippen LogP contribution in [0, 0.1) is 0 Å². The molecule has 1 atom stereocenters. The molecule has 0 fully saturated rings. The SMILES string of the molecule is COc1c([S+](C)[O-])nn(C)c(=O)c1-n1c(Cl)c(Cl)c2ccccc21. The van der Waals surface area contributed by atoms with E-state index < -0.39 is 16.7 Å². The molecule has 2 aromatic heterocycles. The number of hydrogen-bond donors (Lipinski definition) is 0. The normalized spacial score (nSPS) is 12.6. The Kier molecular flexibility index (Phi) is 4.52. The molecule has 0 aliphatic carbocycles. The summed E-state index contributed by atoms with van der Waals surface area (Å²) in [4.78, 5) is 12.7. The minimum atomic E-state index is -1.46. The van der Waals surface area contributed by atoms with Crippen LogP contribution >= 0.6 is 23.2 Å². The van der Waals surface area contributed by atoms with Gasteiger partial charge in [-0.2, -0.15) is 0 Å². The molecule has 0 radical (unpaired) electrons. The van der Waals surface area contributed by atoms with E-state index in [4.69, 9.17) is 27.9 Å². The smallest absolute Gasteiger partial charge is 0.306 e. The van der Waals surface area contributed by atoms with E-state index >= 15 is 0 Å². The van der Waals surface area contributed by atoms with Gasteiger partial charge >= 0.3 is 5.03 Å². The third-order valence-corrected chi connectivity index (χ3v) is 5.25. The first-order valence-electron chi connectivity index (χ1n) is 6.82. The van der Waals surface area contributed by atoms with Crippen molar-refractivity contribution in [1.82, 2.24) is 14.3 Å². The van der Waals surface area contributed by atoms with Gasteiger partial charge in [0, 0.05) is 23.6 Å². The third kappa shape index (κ3) is 2.48. The van der Waals surface area contributed by atoms with Crippen LogP contribution in [0.5, 0.6) is 5.75 Å². The molecule has 0 bridgehead atoms. The number of rotatable bonds is 3. The number of methoxy groups -OCH3 is 1. The van der Waals surface area contributed by atoms with Gasteiger partial charge < -0.3 is 9.29 Å². The first-order valence-corrected chi connectivity index (χ1v) is 9.13. The lowest BCUT2D eigenvalue weighted by Crippen LogP contribution is -2.28. The number of aryl methyl sites for hydroxylation is 1. The molecule has 1 aromatic carbocycles. The van der Waals surface area contributed by atoms with Crippen LogP contribution in [0.25, 0.3) is 16.6 Å². The van der Waals surface area contributed by atoms with Crippen molar-refractivity contribution in [2.75, 3.05) is 13.4 Å². The Bertz CT molecular complexity index is 998. The summed E-state index contributed by atoms with van der Waals surface area (Å²) in [6.45, 7) is 0. The lowest BCUT2D eigenvalue weighted by atomic mass is 10.2. The summed E-state index contributed by atoms with van der Waals surface area (Å²) in [6, 6.07) is 7.22. The minimum Gasteiger partial charge on any atom is -0.610 e. The molecule has 2 heterocycles. The van der Waals surface area contributed by atoms with Gasteiger partial charge in [0.2, 0.25) is 5.75 Å². The maximum absolute atomic E-state index is 12.7. The molecule has 0 aliphatic rings. The lowest BCUT2D eigenvalue weighted by Gasteiger charge is -2.15. The quantitative estimate of drug-likeness (QED) is 0.649. The fourth-order valence-electron chi connectivity index (χ4n) is 2.54. The summed E-state index contributed by atoms with van der Waals surface area (Å²) in [6.07, 6.45) is 1.46. The zero-order valence-electron chi connectivity index (χ0n) is 13.0. The molecule has 3 rings (SSSR count). The van der Waals surface area contributed by atoms with Crippen molar-refractivity contribution in [3.63, 3.8) is 0 Å². The van der Waals surface area contributed by atoms with Crippen LogP contribution < -0.4 is 10.3 Å². The van der Waals surface area contributed by atoms with Gasteiger partial charge in [-0.15, -0.1) is 5.10 Å². The van der Waals surface area contributed by atoms with Gasteiger partial charge in [0.05, 0.1) is 17.6 Å². The van der Waals surface area contributed by atoms with Gasteiger partial charge in [-0.25, -0.2) is 4.68 Å². The standard InChI is InChI=1S/C15H13Cl2N3O3S/c1-19-15(21)11(12(23-2)14(18-19)24(3)22)20-9-7-5-4-6-8(9)10(16)13(20)17/h4-7H,1-3H3. The molecule has 0 spiro atoms. The second kappa shape index (κ2) is 6.33. The van der Waals surface area contributed by atoms with E-state index in [1.165, 1.54) is 25.0 Å². The first-order chi connectivity index (χ1) is 11.4. The second-order valence-corrected chi connectivity index (χ2v) is 7.06. The van der Waals surface area contributed by atoms with E-state index in [9.17, 15) is 9.35 Å². The molecule has 3 aromatic rings. The van der Waals surface area contributed by atoms with Crippen LogP contribution in [0.1, 0.15) is 0 Å². The Morgan fingerprint density at radius 3 is 2.58 bits per heavy atom. The number of para-hydroxylation sites is 1. The van der Waals surface area contributed by atoms with Gasteiger partial charge in [0.15, 0.2) is 5.69 Å². The molecular formula is C15H13Cl2N3O3S. The van der Waals surface area contributed by atoms with Crippen molar-refractivity contribution in [3.8, 4) is 11.4 Å². The van der Waals surface area contributed by atoms with E-state index in [2.05, 4.69) is 5.10 Å². The number of hydrogen-bond acceptors (Lipinski definition) is 4. The molecule has 0 N–H and O–H groups in total. The van der Waals surface area contributed by atoms with Gasteiger partial charge in [0.1, 0.15) is 11.4 Å². The van der Waals surface area contributed by atoms with Crippen molar-refractivity contribution in [3.05, 3.63) is 44.8 Å². The van der Waals surface area contributed by atoms with Gasteiger partial charge in [0.25, 0.3) is 5.56 Å². The fraction of sp³-hybridized carbons (Fsp3) is 0.200. The zero-order valence-corrected chi connectivity index (χ0v) is 15.4. The van der Waals surface area contributed by atoms with Crippen molar-refractivity contribution in [2.45, 2.75) is 5.03 Å². The van der Waals surface area contributed by atoms with Gasteiger partial charge in [-0.3, -0.25) is 9.36 Å². The van der Waals surface area contributed by atoms with Gasteiger partial charge in [-0.1, -0.05) is 41.4 Å². The largest absolute Gasteiger partial charge is 0.610 e. The van der Waals surface area contributed by atoms with E-state index in [1.807, 2.05) is 12.1 Å². The number of fused-ring (bicyclic) bond motifs is 1. The Morgan fingerprint density at radius 2 is 1.96 bits per heavy atom. The van der Waals surface area contributed by atoms with E-state index in [-0.39, 0.29) is 21.6 Å². The maximum Gasteiger partial charge on any atom is 0.306 e. The second-order valence-electron chi connectivity index (χ2n) is 5.03. The monoisotopic (exact) mass is 385 g/mol. The average molecular weight is 386 g/mol. The molecule has 0 amide bonds. The molecule has 6 nitrogen and oxygen atoms in total. The topological polar surface area (TPSA) is 72.1 Å². The number of halogens is 2. The summed E-state index contributed by atoms with van der Waals surface area (Å²) in [7, 11) is 2.86.